The summed E-state index contributed by atoms with van der Waals surface area (Å²) in [4.78, 5) is 14.5. The average molecular weight is 359 g/mol. The fraction of sp³-hybridized carbons (Fsp3) is 0.474. The van der Waals surface area contributed by atoms with Crippen LogP contribution in [-0.2, 0) is 6.42 Å². The third-order valence-electron chi connectivity index (χ3n) is 4.63. The second-order valence-corrected chi connectivity index (χ2v) is 6.58. The molecule has 7 nitrogen and oxygen atoms in total. The quantitative estimate of drug-likeness (QED) is 0.821. The van der Waals surface area contributed by atoms with Crippen molar-refractivity contribution in [2.75, 3.05) is 26.8 Å². The van der Waals surface area contributed by atoms with Crippen LogP contribution in [0.4, 0.5) is 0 Å². The number of aliphatic hydroxyl groups excluding tert-OH is 1. The Labute approximate surface area is 152 Å². The first-order chi connectivity index (χ1) is 12.5. The highest BCUT2D eigenvalue weighted by molar-refractivity contribution is 5.95. The number of aliphatic hydroxyl groups is 1. The maximum Gasteiger partial charge on any atom is 0.254 e. The van der Waals surface area contributed by atoms with E-state index in [2.05, 4.69) is 10.2 Å². The van der Waals surface area contributed by atoms with Gasteiger partial charge >= 0.3 is 0 Å². The van der Waals surface area contributed by atoms with Gasteiger partial charge in [-0.2, -0.15) is 5.10 Å². The Bertz CT molecular complexity index is 774. The van der Waals surface area contributed by atoms with Crippen molar-refractivity contribution in [2.45, 2.75) is 26.4 Å². The van der Waals surface area contributed by atoms with Crippen molar-refractivity contribution in [3.8, 4) is 11.5 Å². The Morgan fingerprint density at radius 1 is 1.35 bits per heavy atom. The highest BCUT2D eigenvalue weighted by Gasteiger charge is 2.35. The van der Waals surface area contributed by atoms with Gasteiger partial charge in [-0.25, -0.2) is 0 Å². The zero-order valence-electron chi connectivity index (χ0n) is 15.4. The predicted octanol–water partition coefficient (Wildman–Crippen LogP) is 1.80. The summed E-state index contributed by atoms with van der Waals surface area (Å²) < 4.78 is 10.8. The van der Waals surface area contributed by atoms with Crippen molar-refractivity contribution in [3.05, 3.63) is 41.2 Å². The smallest absolute Gasteiger partial charge is 0.254 e. The maximum atomic E-state index is 12.8. The molecule has 0 unspecified atom stereocenters. The molecule has 0 radical (unpaired) electrons. The first kappa shape index (κ1) is 18.3. The highest BCUT2D eigenvalue weighted by atomic mass is 16.5. The fourth-order valence-electron chi connectivity index (χ4n) is 3.33. The molecule has 1 saturated heterocycles. The van der Waals surface area contributed by atoms with Gasteiger partial charge in [0.15, 0.2) is 11.5 Å². The number of ether oxygens (including phenoxy) is 2. The molecular weight excluding hydrogens is 334 g/mol. The number of hydrogen-bond acceptors (Lipinski definition) is 5. The number of carbonyl (C=O) groups excluding carboxylic acids is 1. The van der Waals surface area contributed by atoms with E-state index in [0.717, 1.165) is 11.4 Å². The van der Waals surface area contributed by atoms with Gasteiger partial charge in [-0.1, -0.05) is 0 Å². The lowest BCUT2D eigenvalue weighted by Gasteiger charge is -2.17. The van der Waals surface area contributed by atoms with Gasteiger partial charge < -0.3 is 19.5 Å². The van der Waals surface area contributed by atoms with E-state index >= 15 is 0 Å². The molecule has 26 heavy (non-hydrogen) atoms. The minimum atomic E-state index is -0.555. The van der Waals surface area contributed by atoms with Gasteiger partial charge in [0.05, 0.1) is 25.5 Å². The molecule has 1 aromatic carbocycles. The van der Waals surface area contributed by atoms with Crippen LogP contribution >= 0.6 is 0 Å². The molecule has 2 N–H and O–H groups in total. The Hall–Kier alpha value is -2.54. The zero-order valence-corrected chi connectivity index (χ0v) is 15.4. The van der Waals surface area contributed by atoms with Gasteiger partial charge in [0, 0.05) is 30.3 Å². The number of β-amino-alcohol motifs (C(OH)–C–C–N with tert-alkyl or cyclic N) is 1. The van der Waals surface area contributed by atoms with Gasteiger partial charge in [0.25, 0.3) is 5.91 Å². The molecule has 2 heterocycles. The van der Waals surface area contributed by atoms with Crippen LogP contribution in [0.25, 0.3) is 0 Å². The molecule has 1 aliphatic heterocycles. The van der Waals surface area contributed by atoms with Crippen LogP contribution in [-0.4, -0.2) is 59.0 Å². The molecule has 1 aromatic heterocycles. The number of aromatic amines is 1. The summed E-state index contributed by atoms with van der Waals surface area (Å²) in [7, 11) is 1.55. The second kappa shape index (κ2) is 7.78. The summed E-state index contributed by atoms with van der Waals surface area (Å²) in [6.07, 6.45) is 0.0857. The van der Waals surface area contributed by atoms with Gasteiger partial charge in [0.1, 0.15) is 0 Å². The molecule has 1 fully saturated rings. The molecular formula is C19H25N3O4. The van der Waals surface area contributed by atoms with Gasteiger partial charge in [-0.15, -0.1) is 0 Å². The van der Waals surface area contributed by atoms with Crippen molar-refractivity contribution >= 4 is 5.91 Å². The van der Waals surface area contributed by atoms with Gasteiger partial charge in [-0.05, 0) is 44.5 Å². The number of aryl methyl sites for hydroxylation is 1. The van der Waals surface area contributed by atoms with E-state index in [4.69, 9.17) is 9.47 Å². The Morgan fingerprint density at radius 3 is 2.81 bits per heavy atom. The number of methoxy groups -OCH3 is 1. The summed E-state index contributed by atoms with van der Waals surface area (Å²) >= 11 is 0. The van der Waals surface area contributed by atoms with Crippen LogP contribution in [0.2, 0.25) is 0 Å². The lowest BCUT2D eigenvalue weighted by atomic mass is 10.0. The summed E-state index contributed by atoms with van der Waals surface area (Å²) in [5, 5.41) is 17.5. The van der Waals surface area contributed by atoms with Crippen molar-refractivity contribution in [3.63, 3.8) is 0 Å². The summed E-state index contributed by atoms with van der Waals surface area (Å²) in [6.45, 7) is 5.18. The lowest BCUT2D eigenvalue weighted by molar-refractivity contribution is 0.0764. The second-order valence-electron chi connectivity index (χ2n) is 6.58. The molecule has 0 aliphatic carbocycles. The number of amides is 1. The number of hydrogen-bond donors (Lipinski definition) is 2. The lowest BCUT2D eigenvalue weighted by Crippen LogP contribution is -2.29. The van der Waals surface area contributed by atoms with Crippen LogP contribution in [0.1, 0.15) is 28.7 Å². The molecule has 1 aliphatic rings. The molecule has 2 aromatic rings. The van der Waals surface area contributed by atoms with Crippen molar-refractivity contribution < 1.29 is 19.4 Å². The number of aromatic nitrogens is 2. The molecule has 2 atom stereocenters. The van der Waals surface area contributed by atoms with E-state index in [1.54, 1.807) is 30.2 Å². The van der Waals surface area contributed by atoms with Crippen molar-refractivity contribution in [2.24, 2.45) is 5.92 Å². The van der Waals surface area contributed by atoms with E-state index in [1.165, 1.54) is 0 Å². The van der Waals surface area contributed by atoms with E-state index in [0.29, 0.717) is 43.2 Å². The number of H-pyrrole nitrogens is 1. The third kappa shape index (κ3) is 3.83. The number of likely N-dealkylation sites (tertiary alicyclic amines) is 1. The highest BCUT2D eigenvalue weighted by Crippen LogP contribution is 2.30. The summed E-state index contributed by atoms with van der Waals surface area (Å²) in [5.74, 6) is 0.998. The first-order valence-electron chi connectivity index (χ1n) is 8.80. The topological polar surface area (TPSA) is 87.7 Å². The molecule has 1 amide bonds. The normalized spacial score (nSPS) is 19.6. The standard InChI is InChI=1S/C19H25N3O4/c1-4-26-17-6-5-13(9-18(17)25-3)19(24)22-10-14(16(23)11-22)8-15-7-12(2)20-21-15/h5-7,9,14,16,23H,4,8,10-11H2,1-3H3,(H,20,21)/t14-,16-/m1/s1. The Balaban J connectivity index is 1.70. The minimum Gasteiger partial charge on any atom is -0.493 e. The van der Waals surface area contributed by atoms with E-state index in [9.17, 15) is 9.90 Å². The van der Waals surface area contributed by atoms with Crippen LogP contribution in [0, 0.1) is 12.8 Å². The number of benzene rings is 1. The molecule has 0 bridgehead atoms. The van der Waals surface area contributed by atoms with Crippen LogP contribution in [0.15, 0.2) is 24.3 Å². The monoisotopic (exact) mass is 359 g/mol. The third-order valence-corrected chi connectivity index (χ3v) is 4.63. The summed E-state index contributed by atoms with van der Waals surface area (Å²) in [6, 6.07) is 7.12. The first-order valence-corrected chi connectivity index (χ1v) is 8.80. The van der Waals surface area contributed by atoms with E-state index < -0.39 is 6.10 Å². The average Bonchev–Trinajstić information content (AvgIpc) is 3.21. The van der Waals surface area contributed by atoms with E-state index in [-0.39, 0.29) is 11.8 Å². The molecule has 140 valence electrons. The summed E-state index contributed by atoms with van der Waals surface area (Å²) in [5.41, 5.74) is 2.42. The van der Waals surface area contributed by atoms with Crippen molar-refractivity contribution in [1.29, 1.82) is 0 Å². The van der Waals surface area contributed by atoms with E-state index in [1.807, 2.05) is 19.9 Å². The minimum absolute atomic E-state index is 0.0220. The predicted molar refractivity (Wildman–Crippen MR) is 96.6 cm³/mol. The number of rotatable bonds is 6. The largest absolute Gasteiger partial charge is 0.493 e. The molecule has 0 saturated carbocycles. The number of nitrogens with one attached hydrogen (secondary N) is 1. The van der Waals surface area contributed by atoms with Crippen LogP contribution in [0.3, 0.4) is 0 Å². The number of carbonyl (C=O) groups is 1. The maximum absolute atomic E-state index is 12.8. The van der Waals surface area contributed by atoms with Gasteiger partial charge in [0.2, 0.25) is 0 Å². The molecule has 0 spiro atoms. The Morgan fingerprint density at radius 2 is 2.15 bits per heavy atom. The van der Waals surface area contributed by atoms with Gasteiger partial charge in [-0.3, -0.25) is 9.89 Å². The number of nitrogens with zero attached hydrogens (tertiary/aromatic N) is 2. The Kier molecular flexibility index (Phi) is 5.46. The SMILES string of the molecule is CCOc1ccc(C(=O)N2C[C@@H](Cc3cc(C)[nH]n3)[C@H](O)C2)cc1OC. The van der Waals surface area contributed by atoms with Crippen LogP contribution < -0.4 is 9.47 Å². The zero-order chi connectivity index (χ0) is 18.7. The molecule has 3 rings (SSSR count). The van der Waals surface area contributed by atoms with Crippen LogP contribution in [0.5, 0.6) is 11.5 Å². The fourth-order valence-corrected chi connectivity index (χ4v) is 3.33. The molecule has 7 heteroatoms. The van der Waals surface area contributed by atoms with Crippen molar-refractivity contribution in [1.82, 2.24) is 15.1 Å².